The average Bonchev–Trinajstić information content (AvgIpc) is 0.910. The van der Waals surface area contributed by atoms with Gasteiger partial charge in [-0.15, -0.1) is 0 Å². The van der Waals surface area contributed by atoms with Gasteiger partial charge in [0, 0.05) is 25.7 Å². The summed E-state index contributed by atoms with van der Waals surface area (Å²) in [5.41, 5.74) is 0. The van der Waals surface area contributed by atoms with Crippen LogP contribution in [0, 0.1) is 0 Å². The third-order valence-corrected chi connectivity index (χ3v) is 18.2. The maximum atomic E-state index is 13.1. The average molecular weight is 1500 g/mol. The summed E-state index contributed by atoms with van der Waals surface area (Å²) in [6, 6.07) is 0. The van der Waals surface area contributed by atoms with Crippen molar-refractivity contribution in [1.29, 1.82) is 0 Å². The lowest BCUT2D eigenvalue weighted by Gasteiger charge is -2.21. The van der Waals surface area contributed by atoms with Gasteiger partial charge in [-0.25, -0.2) is 9.13 Å². The number of phosphoric acid groups is 2. The Hall–Kier alpha value is -5.06. The monoisotopic (exact) mass is 1500 g/mol. The van der Waals surface area contributed by atoms with Gasteiger partial charge < -0.3 is 33.8 Å². The molecule has 0 aliphatic carbocycles. The van der Waals surface area contributed by atoms with Crippen LogP contribution in [0.15, 0.2) is 146 Å². The molecule has 0 aromatic heterocycles. The number of carbonyl (C=O) groups is 4. The summed E-state index contributed by atoms with van der Waals surface area (Å²) in [6.45, 7) is 4.45. The van der Waals surface area contributed by atoms with E-state index in [1.165, 1.54) is 51.4 Å². The number of unbranched alkanes of at least 4 members (excludes halogenated alkanes) is 24. The van der Waals surface area contributed by atoms with E-state index in [4.69, 9.17) is 37.0 Å². The van der Waals surface area contributed by atoms with Crippen LogP contribution in [0.5, 0.6) is 0 Å². The summed E-state index contributed by atoms with van der Waals surface area (Å²) in [5, 5.41) is 10.6. The highest BCUT2D eigenvalue weighted by Gasteiger charge is 2.30. The predicted molar refractivity (Wildman–Crippen MR) is 427 cm³/mol. The van der Waals surface area contributed by atoms with Crippen molar-refractivity contribution in [2.75, 3.05) is 39.6 Å². The molecule has 104 heavy (non-hydrogen) atoms. The molecule has 0 saturated heterocycles. The zero-order valence-corrected chi connectivity index (χ0v) is 66.7. The molecule has 0 amide bonds. The molecule has 5 atom stereocenters. The summed E-state index contributed by atoms with van der Waals surface area (Å²) in [7, 11) is -9.99. The van der Waals surface area contributed by atoms with Crippen LogP contribution in [0.2, 0.25) is 0 Å². The topological polar surface area (TPSA) is 237 Å². The highest BCUT2D eigenvalue weighted by atomic mass is 31.2. The molecule has 0 aliphatic heterocycles. The smallest absolute Gasteiger partial charge is 0.462 e. The molecule has 0 aliphatic rings. The second-order valence-electron chi connectivity index (χ2n) is 26.2. The fourth-order valence-electron chi connectivity index (χ4n) is 10.3. The minimum absolute atomic E-state index is 0.0731. The largest absolute Gasteiger partial charge is 0.472 e. The second kappa shape index (κ2) is 76.1. The zero-order valence-electron chi connectivity index (χ0n) is 64.9. The Morgan fingerprint density at radius 1 is 0.279 bits per heavy atom. The highest BCUT2D eigenvalue weighted by Crippen LogP contribution is 2.45. The van der Waals surface area contributed by atoms with E-state index in [1.807, 2.05) is 12.2 Å². The lowest BCUT2D eigenvalue weighted by Crippen LogP contribution is -2.30. The van der Waals surface area contributed by atoms with Gasteiger partial charge in [0.15, 0.2) is 12.2 Å². The van der Waals surface area contributed by atoms with Crippen molar-refractivity contribution in [2.45, 2.75) is 329 Å². The van der Waals surface area contributed by atoms with Crippen LogP contribution in [0.3, 0.4) is 0 Å². The van der Waals surface area contributed by atoms with Gasteiger partial charge in [0.25, 0.3) is 0 Å². The SMILES string of the molecule is CC/C=C\C/C=C\C/C=C\C/C=C\C/C=C\CCCC(=O)OCC(COP(=O)(O)OCC(O)COP(=O)(O)OCC(COC(=O)CCCCCC/C=C\C/C=C\C/C=C\C/C=C\CC)OC(=O)CCCCCCCCC/C=C\C/C=C\C/C=C\CC)OC(=O)CCCCCCCCCCCCCCC. The lowest BCUT2D eigenvalue weighted by atomic mass is 10.0. The second-order valence-corrected chi connectivity index (χ2v) is 29.1. The van der Waals surface area contributed by atoms with Crippen LogP contribution in [0.4, 0.5) is 0 Å². The predicted octanol–water partition coefficient (Wildman–Crippen LogP) is 23.4. The summed E-state index contributed by atoms with van der Waals surface area (Å²) in [4.78, 5) is 73.0. The van der Waals surface area contributed by atoms with Crippen molar-refractivity contribution < 1.29 is 80.2 Å². The molecule has 594 valence electrons. The molecular formula is C85H142O17P2. The summed E-state index contributed by atoms with van der Waals surface area (Å²) < 4.78 is 68.6. The fraction of sp³-hybridized carbons (Fsp3) is 0.671. The number of phosphoric ester groups is 2. The molecule has 0 aromatic carbocycles. The van der Waals surface area contributed by atoms with Gasteiger partial charge in [0.05, 0.1) is 26.4 Å². The number of hydrogen-bond acceptors (Lipinski definition) is 15. The van der Waals surface area contributed by atoms with Gasteiger partial charge in [-0.1, -0.05) is 296 Å². The van der Waals surface area contributed by atoms with Crippen LogP contribution in [0.1, 0.15) is 310 Å². The molecule has 0 saturated carbocycles. The molecule has 0 rings (SSSR count). The van der Waals surface area contributed by atoms with Crippen molar-refractivity contribution in [3.63, 3.8) is 0 Å². The van der Waals surface area contributed by atoms with E-state index in [1.54, 1.807) is 0 Å². The standard InChI is InChI=1S/C85H142O17P2/c1-5-9-13-17-21-25-29-33-36-39-42-46-49-53-57-61-65-69-82(87)95-75-80(101-84(89)71-67-63-59-55-51-45-32-28-24-20-16-12-8-4)77-99-103(91,92)97-73-79(86)74-98-104(93,94)100-78-81(102-85(90)72-68-64-60-56-52-48-44-41-38-35-31-27-23-19-15-11-7-3)76-96-83(88)70-66-62-58-54-50-47-43-40-37-34-30-26-22-18-14-10-6-2/h9-11,13-15,21-23,25-27,33-38,42-43,46-47,53,57,79-81,86H,5-8,12,16-20,24,28-32,39-41,44-45,48-52,54-56,58-78H2,1-4H3,(H,91,92)(H,93,94)/b13-9-,14-10-,15-11-,25-21-,26-22-,27-23-,36-33-,37-34-,38-35-,46-42-,47-43-,57-53-. The molecule has 5 unspecified atom stereocenters. The van der Waals surface area contributed by atoms with Gasteiger partial charge >= 0.3 is 39.5 Å². The number of aliphatic hydroxyl groups is 1. The number of carbonyl (C=O) groups excluding carboxylic acids is 4. The van der Waals surface area contributed by atoms with Gasteiger partial charge in [0.1, 0.15) is 19.3 Å². The molecular weight excluding hydrogens is 1350 g/mol. The Bertz CT molecular complexity index is 2540. The maximum absolute atomic E-state index is 13.1. The van der Waals surface area contributed by atoms with E-state index >= 15 is 0 Å². The van der Waals surface area contributed by atoms with Crippen molar-refractivity contribution in [3.8, 4) is 0 Å². The van der Waals surface area contributed by atoms with Gasteiger partial charge in [-0.3, -0.25) is 37.3 Å². The molecule has 0 spiro atoms. The van der Waals surface area contributed by atoms with Crippen molar-refractivity contribution in [2.24, 2.45) is 0 Å². The van der Waals surface area contributed by atoms with Crippen LogP contribution in [0.25, 0.3) is 0 Å². The van der Waals surface area contributed by atoms with Gasteiger partial charge in [-0.05, 0) is 135 Å². The number of esters is 4. The lowest BCUT2D eigenvalue weighted by molar-refractivity contribution is -0.161. The van der Waals surface area contributed by atoms with E-state index in [2.05, 4.69) is 161 Å². The Morgan fingerprint density at radius 2 is 0.510 bits per heavy atom. The Balaban J connectivity index is 5.43. The number of allylic oxidation sites excluding steroid dienone is 24. The Kier molecular flexibility index (Phi) is 72.4. The first-order chi connectivity index (χ1) is 50.7. The number of ether oxygens (including phenoxy) is 4. The first kappa shape index (κ1) is 98.9. The van der Waals surface area contributed by atoms with Gasteiger partial charge in [-0.2, -0.15) is 0 Å². The van der Waals surface area contributed by atoms with Crippen LogP contribution < -0.4 is 0 Å². The first-order valence-corrected chi connectivity index (χ1v) is 43.1. The number of rotatable bonds is 74. The molecule has 19 heteroatoms. The third kappa shape index (κ3) is 75.2. The summed E-state index contributed by atoms with van der Waals surface area (Å²) >= 11 is 0. The minimum atomic E-state index is -4.99. The molecule has 0 radical (unpaired) electrons. The summed E-state index contributed by atoms with van der Waals surface area (Å²) in [5.74, 6) is -2.28. The zero-order chi connectivity index (χ0) is 76.0. The molecule has 0 bridgehead atoms. The fourth-order valence-corrected chi connectivity index (χ4v) is 11.9. The van der Waals surface area contributed by atoms with E-state index in [0.717, 1.165) is 173 Å². The van der Waals surface area contributed by atoms with E-state index in [9.17, 15) is 43.2 Å². The van der Waals surface area contributed by atoms with E-state index in [-0.39, 0.29) is 25.7 Å². The normalized spacial score (nSPS) is 14.6. The van der Waals surface area contributed by atoms with Crippen LogP contribution in [-0.4, -0.2) is 96.7 Å². The maximum Gasteiger partial charge on any atom is 0.472 e. The van der Waals surface area contributed by atoms with Crippen LogP contribution >= 0.6 is 15.6 Å². The third-order valence-electron chi connectivity index (χ3n) is 16.3. The quantitative estimate of drug-likeness (QED) is 0.0169. The number of hydrogen-bond donors (Lipinski definition) is 3. The highest BCUT2D eigenvalue weighted by molar-refractivity contribution is 7.47. The molecule has 17 nitrogen and oxygen atoms in total. The minimum Gasteiger partial charge on any atom is -0.462 e. The van der Waals surface area contributed by atoms with Gasteiger partial charge in [0.2, 0.25) is 0 Å². The van der Waals surface area contributed by atoms with E-state index in [0.29, 0.717) is 32.1 Å². The molecule has 0 fully saturated rings. The Labute approximate surface area is 630 Å². The van der Waals surface area contributed by atoms with Crippen LogP contribution in [-0.2, 0) is 65.4 Å². The molecule has 0 aromatic rings. The molecule has 0 heterocycles. The van der Waals surface area contributed by atoms with Crippen molar-refractivity contribution >= 4 is 39.5 Å². The summed E-state index contributed by atoms with van der Waals surface area (Å²) in [6.07, 6.45) is 86.9. The van der Waals surface area contributed by atoms with Crippen molar-refractivity contribution in [1.82, 2.24) is 0 Å². The first-order valence-electron chi connectivity index (χ1n) is 40.1. The van der Waals surface area contributed by atoms with Crippen molar-refractivity contribution in [3.05, 3.63) is 146 Å². The molecule has 3 N–H and O–H groups in total. The van der Waals surface area contributed by atoms with E-state index < -0.39 is 97.5 Å². The number of aliphatic hydroxyl groups excluding tert-OH is 1. The Morgan fingerprint density at radius 3 is 0.808 bits per heavy atom.